The number of hydrogen-bond donors (Lipinski definition) is 1. The van der Waals surface area contributed by atoms with Gasteiger partial charge in [-0.2, -0.15) is 0 Å². The van der Waals surface area contributed by atoms with Gasteiger partial charge in [0.15, 0.2) is 0 Å². The summed E-state index contributed by atoms with van der Waals surface area (Å²) in [5.41, 5.74) is 0.917. The Morgan fingerprint density at radius 2 is 2.00 bits per heavy atom. The van der Waals surface area contributed by atoms with Crippen molar-refractivity contribution in [2.75, 3.05) is 19.3 Å². The third kappa shape index (κ3) is 5.88. The molecule has 1 aliphatic rings. The maximum Gasteiger partial charge on any atom is 0.211 e. The summed E-state index contributed by atoms with van der Waals surface area (Å²) in [6.45, 7) is 1.50. The molecule has 1 aromatic rings. The van der Waals surface area contributed by atoms with Gasteiger partial charge >= 0.3 is 0 Å². The van der Waals surface area contributed by atoms with E-state index in [-0.39, 0.29) is 5.75 Å². The Kier molecular flexibility index (Phi) is 6.68. The molecule has 0 spiro atoms. The highest BCUT2D eigenvalue weighted by atomic mass is 35.5. The van der Waals surface area contributed by atoms with Crippen molar-refractivity contribution in [1.29, 1.82) is 0 Å². The fourth-order valence-corrected chi connectivity index (χ4v) is 4.12. The van der Waals surface area contributed by atoms with Crippen LogP contribution in [0, 0.1) is 0 Å². The number of halogens is 1. The molecule has 1 N–H and O–H groups in total. The van der Waals surface area contributed by atoms with Gasteiger partial charge in [-0.25, -0.2) is 13.1 Å². The van der Waals surface area contributed by atoms with E-state index in [1.807, 2.05) is 12.1 Å². The number of benzene rings is 1. The van der Waals surface area contributed by atoms with Crippen LogP contribution >= 0.6 is 11.6 Å². The van der Waals surface area contributed by atoms with Crippen molar-refractivity contribution in [3.8, 4) is 0 Å². The Hall–Kier alpha value is -0.620. The number of sulfonamides is 1. The Labute approximate surface area is 138 Å². The second-order valence-corrected chi connectivity index (χ2v) is 8.40. The Morgan fingerprint density at radius 3 is 2.64 bits per heavy atom. The van der Waals surface area contributed by atoms with Crippen LogP contribution in [0.15, 0.2) is 24.3 Å². The van der Waals surface area contributed by atoms with Crippen LogP contribution in [0.2, 0.25) is 5.02 Å². The molecule has 0 amide bonds. The van der Waals surface area contributed by atoms with Crippen molar-refractivity contribution < 1.29 is 8.42 Å². The third-order valence-corrected chi connectivity index (χ3v) is 5.94. The Balaban J connectivity index is 1.66. The summed E-state index contributed by atoms with van der Waals surface area (Å²) in [5, 5.41) is 0.656. The summed E-state index contributed by atoms with van der Waals surface area (Å²) in [5.74, 6) is 0.205. The maximum atomic E-state index is 12.0. The minimum atomic E-state index is -3.20. The molecule has 1 saturated heterocycles. The predicted octanol–water partition coefficient (Wildman–Crippen LogP) is 3.02. The SMILES string of the molecule is CN1CCC[C@@H]1CCCCS(=O)(=O)NCc1ccc(Cl)cc1. The normalized spacial score (nSPS) is 19.6. The highest BCUT2D eigenvalue weighted by Gasteiger charge is 2.20. The number of unbranched alkanes of at least 4 members (excludes halogenated alkanes) is 1. The maximum absolute atomic E-state index is 12.0. The molecular weight excluding hydrogens is 320 g/mol. The molecule has 0 radical (unpaired) electrons. The van der Waals surface area contributed by atoms with Gasteiger partial charge in [-0.05, 0) is 57.0 Å². The zero-order chi connectivity index (χ0) is 16.0. The molecule has 2 rings (SSSR count). The van der Waals surface area contributed by atoms with Gasteiger partial charge in [-0.3, -0.25) is 0 Å². The summed E-state index contributed by atoms with van der Waals surface area (Å²) >= 11 is 5.81. The lowest BCUT2D eigenvalue weighted by Gasteiger charge is -2.18. The van der Waals surface area contributed by atoms with Gasteiger partial charge in [0.1, 0.15) is 0 Å². The van der Waals surface area contributed by atoms with E-state index in [2.05, 4.69) is 16.7 Å². The smallest absolute Gasteiger partial charge is 0.211 e. The first-order chi connectivity index (χ1) is 10.5. The largest absolute Gasteiger partial charge is 0.303 e. The highest BCUT2D eigenvalue weighted by Crippen LogP contribution is 2.20. The average molecular weight is 345 g/mol. The lowest BCUT2D eigenvalue weighted by atomic mass is 10.1. The molecule has 1 fully saturated rings. The fraction of sp³-hybridized carbons (Fsp3) is 0.625. The molecular formula is C16H25ClN2O2S. The van der Waals surface area contributed by atoms with Crippen LogP contribution < -0.4 is 4.72 Å². The van der Waals surface area contributed by atoms with Crippen LogP contribution in [0.3, 0.4) is 0 Å². The standard InChI is InChI=1S/C16H25ClN2O2S/c1-19-11-4-6-16(19)5-2-3-12-22(20,21)18-13-14-7-9-15(17)10-8-14/h7-10,16,18H,2-6,11-13H2,1H3/t16-/m0/s1. The van der Waals surface area contributed by atoms with E-state index in [1.54, 1.807) is 12.1 Å². The fourth-order valence-electron chi connectivity index (χ4n) is 2.88. The number of nitrogens with one attached hydrogen (secondary N) is 1. The van der Waals surface area contributed by atoms with Crippen LogP contribution in [0.4, 0.5) is 0 Å². The number of hydrogen-bond acceptors (Lipinski definition) is 3. The molecule has 1 heterocycles. The average Bonchev–Trinajstić information content (AvgIpc) is 2.89. The van der Waals surface area contributed by atoms with E-state index in [0.717, 1.165) is 24.8 Å². The summed E-state index contributed by atoms with van der Waals surface area (Å²) in [6, 6.07) is 7.85. The lowest BCUT2D eigenvalue weighted by Crippen LogP contribution is -2.27. The number of rotatable bonds is 8. The van der Waals surface area contributed by atoms with Crippen LogP contribution in [-0.4, -0.2) is 38.7 Å². The van der Waals surface area contributed by atoms with Crippen molar-refractivity contribution >= 4 is 21.6 Å². The quantitative estimate of drug-likeness (QED) is 0.737. The van der Waals surface area contributed by atoms with E-state index in [9.17, 15) is 8.42 Å². The summed E-state index contributed by atoms with van der Waals surface area (Å²) < 4.78 is 26.6. The van der Waals surface area contributed by atoms with E-state index >= 15 is 0 Å². The predicted molar refractivity (Wildman–Crippen MR) is 91.6 cm³/mol. The third-order valence-electron chi connectivity index (χ3n) is 4.28. The molecule has 6 heteroatoms. The molecule has 0 unspecified atom stereocenters. The zero-order valence-electron chi connectivity index (χ0n) is 13.1. The van der Waals surface area contributed by atoms with Crippen LogP contribution in [0.25, 0.3) is 0 Å². The van der Waals surface area contributed by atoms with Gasteiger partial charge in [0, 0.05) is 17.6 Å². The van der Waals surface area contributed by atoms with Gasteiger partial charge in [0.25, 0.3) is 0 Å². The highest BCUT2D eigenvalue weighted by molar-refractivity contribution is 7.89. The van der Waals surface area contributed by atoms with Crippen molar-refractivity contribution in [3.63, 3.8) is 0 Å². The first-order valence-corrected chi connectivity index (χ1v) is 9.91. The minimum Gasteiger partial charge on any atom is -0.303 e. The van der Waals surface area contributed by atoms with E-state index in [1.165, 1.54) is 19.4 Å². The Bertz CT molecular complexity index is 560. The van der Waals surface area contributed by atoms with Gasteiger partial charge < -0.3 is 4.90 Å². The van der Waals surface area contributed by atoms with Gasteiger partial charge in [-0.15, -0.1) is 0 Å². The molecule has 124 valence electrons. The minimum absolute atomic E-state index is 0.205. The molecule has 1 aliphatic heterocycles. The molecule has 1 aromatic carbocycles. The zero-order valence-corrected chi connectivity index (χ0v) is 14.7. The topological polar surface area (TPSA) is 49.4 Å². The van der Waals surface area contributed by atoms with E-state index in [0.29, 0.717) is 17.6 Å². The van der Waals surface area contributed by atoms with E-state index < -0.39 is 10.0 Å². The summed E-state index contributed by atoms with van der Waals surface area (Å²) in [6.07, 6.45) is 5.31. The van der Waals surface area contributed by atoms with Gasteiger partial charge in [0.2, 0.25) is 10.0 Å². The lowest BCUT2D eigenvalue weighted by molar-refractivity contribution is 0.291. The molecule has 1 atom stereocenters. The Morgan fingerprint density at radius 1 is 1.27 bits per heavy atom. The molecule has 22 heavy (non-hydrogen) atoms. The number of likely N-dealkylation sites (tertiary alicyclic amines) is 1. The monoisotopic (exact) mass is 344 g/mol. The number of nitrogens with zero attached hydrogens (tertiary/aromatic N) is 1. The molecule has 0 bridgehead atoms. The molecule has 0 aromatic heterocycles. The van der Waals surface area contributed by atoms with E-state index in [4.69, 9.17) is 11.6 Å². The van der Waals surface area contributed by atoms with Crippen molar-refractivity contribution in [3.05, 3.63) is 34.9 Å². The van der Waals surface area contributed by atoms with Crippen molar-refractivity contribution in [1.82, 2.24) is 9.62 Å². The first kappa shape index (κ1) is 17.7. The molecule has 0 saturated carbocycles. The molecule has 4 nitrogen and oxygen atoms in total. The van der Waals surface area contributed by atoms with Crippen molar-refractivity contribution in [2.45, 2.75) is 44.7 Å². The van der Waals surface area contributed by atoms with Crippen molar-refractivity contribution in [2.24, 2.45) is 0 Å². The summed E-state index contributed by atoms with van der Waals surface area (Å²) in [7, 11) is -1.04. The van der Waals surface area contributed by atoms with Crippen LogP contribution in [-0.2, 0) is 16.6 Å². The second-order valence-electron chi connectivity index (χ2n) is 6.04. The first-order valence-electron chi connectivity index (χ1n) is 7.88. The molecule has 0 aliphatic carbocycles. The van der Waals surface area contributed by atoms with Crippen LogP contribution in [0.1, 0.15) is 37.7 Å². The summed E-state index contributed by atoms with van der Waals surface area (Å²) in [4.78, 5) is 2.38. The van der Waals surface area contributed by atoms with Gasteiger partial charge in [-0.1, -0.05) is 30.2 Å². The van der Waals surface area contributed by atoms with Crippen LogP contribution in [0.5, 0.6) is 0 Å². The second kappa shape index (κ2) is 8.29. The van der Waals surface area contributed by atoms with Gasteiger partial charge in [0.05, 0.1) is 5.75 Å².